The predicted octanol–water partition coefficient (Wildman–Crippen LogP) is 1.17. The highest BCUT2D eigenvalue weighted by Gasteiger charge is 2.25. The highest BCUT2D eigenvalue weighted by molar-refractivity contribution is 7.89. The first-order valence-electron chi connectivity index (χ1n) is 7.52. The number of likely N-dealkylation sites (tertiary alicyclic amines) is 1. The molecule has 1 unspecified atom stereocenters. The first-order valence-corrected chi connectivity index (χ1v) is 9.00. The standard InChI is InChI=1S/C15H25N3O2S/c1-3-9-16-11-13-4-6-15(7-5-13)21(19,20)17-14-8-10-18(2)12-14/h4-7,14,16-17H,3,8-12H2,1-2H3. The second-order valence-electron chi connectivity index (χ2n) is 5.69. The van der Waals surface area contributed by atoms with Gasteiger partial charge in [0.25, 0.3) is 0 Å². The van der Waals surface area contributed by atoms with Crippen molar-refractivity contribution in [2.24, 2.45) is 0 Å². The van der Waals surface area contributed by atoms with Crippen LogP contribution < -0.4 is 10.0 Å². The van der Waals surface area contributed by atoms with E-state index >= 15 is 0 Å². The van der Waals surface area contributed by atoms with E-state index in [-0.39, 0.29) is 6.04 Å². The molecule has 1 heterocycles. The van der Waals surface area contributed by atoms with Gasteiger partial charge in [0.1, 0.15) is 0 Å². The quantitative estimate of drug-likeness (QED) is 0.742. The van der Waals surface area contributed by atoms with Crippen molar-refractivity contribution in [3.8, 4) is 0 Å². The summed E-state index contributed by atoms with van der Waals surface area (Å²) in [4.78, 5) is 2.48. The van der Waals surface area contributed by atoms with E-state index in [9.17, 15) is 8.42 Å². The van der Waals surface area contributed by atoms with Crippen LogP contribution in [0.15, 0.2) is 29.2 Å². The molecule has 5 nitrogen and oxygen atoms in total. The molecule has 1 atom stereocenters. The van der Waals surface area contributed by atoms with Gasteiger partial charge in [-0.25, -0.2) is 13.1 Å². The van der Waals surface area contributed by atoms with Crippen LogP contribution in [0.4, 0.5) is 0 Å². The summed E-state index contributed by atoms with van der Waals surface area (Å²) in [5.41, 5.74) is 1.10. The maximum atomic E-state index is 12.3. The van der Waals surface area contributed by atoms with Gasteiger partial charge in [0.2, 0.25) is 10.0 Å². The SMILES string of the molecule is CCCNCc1ccc(S(=O)(=O)NC2CCN(C)C2)cc1. The average Bonchev–Trinajstić information content (AvgIpc) is 2.84. The Morgan fingerprint density at radius 2 is 2.00 bits per heavy atom. The van der Waals surface area contributed by atoms with Gasteiger partial charge in [-0.2, -0.15) is 0 Å². The van der Waals surface area contributed by atoms with Crippen LogP contribution in [-0.4, -0.2) is 46.0 Å². The summed E-state index contributed by atoms with van der Waals surface area (Å²) in [6, 6.07) is 7.13. The Balaban J connectivity index is 1.96. The molecule has 0 aromatic heterocycles. The zero-order valence-electron chi connectivity index (χ0n) is 12.8. The summed E-state index contributed by atoms with van der Waals surface area (Å²) in [7, 11) is -1.40. The van der Waals surface area contributed by atoms with E-state index in [0.717, 1.165) is 44.6 Å². The molecule has 1 aromatic carbocycles. The summed E-state index contributed by atoms with van der Waals surface area (Å²) in [5.74, 6) is 0. The maximum absolute atomic E-state index is 12.3. The van der Waals surface area contributed by atoms with E-state index in [4.69, 9.17) is 0 Å². The third-order valence-corrected chi connectivity index (χ3v) is 5.24. The minimum absolute atomic E-state index is 0.0193. The van der Waals surface area contributed by atoms with E-state index < -0.39 is 10.0 Å². The summed E-state index contributed by atoms with van der Waals surface area (Å²) in [6.07, 6.45) is 1.96. The summed E-state index contributed by atoms with van der Waals surface area (Å²) < 4.78 is 27.4. The Bertz CT molecular complexity index is 543. The van der Waals surface area contributed by atoms with Gasteiger partial charge >= 0.3 is 0 Å². The lowest BCUT2D eigenvalue weighted by atomic mass is 10.2. The highest BCUT2D eigenvalue weighted by Crippen LogP contribution is 2.14. The van der Waals surface area contributed by atoms with Gasteiger partial charge in [-0.15, -0.1) is 0 Å². The van der Waals surface area contributed by atoms with Crippen molar-refractivity contribution in [2.45, 2.75) is 37.2 Å². The molecule has 1 aliphatic heterocycles. The van der Waals surface area contributed by atoms with E-state index in [1.165, 1.54) is 0 Å². The van der Waals surface area contributed by atoms with Crippen LogP contribution >= 0.6 is 0 Å². The molecular formula is C15H25N3O2S. The molecule has 1 fully saturated rings. The number of nitrogens with zero attached hydrogens (tertiary/aromatic N) is 1. The fourth-order valence-electron chi connectivity index (χ4n) is 2.51. The molecule has 0 radical (unpaired) electrons. The lowest BCUT2D eigenvalue weighted by molar-refractivity contribution is 0.407. The molecular weight excluding hydrogens is 286 g/mol. The topological polar surface area (TPSA) is 61.4 Å². The highest BCUT2D eigenvalue weighted by atomic mass is 32.2. The van der Waals surface area contributed by atoms with Gasteiger partial charge in [-0.1, -0.05) is 19.1 Å². The second-order valence-corrected chi connectivity index (χ2v) is 7.40. The van der Waals surface area contributed by atoms with Crippen molar-refractivity contribution in [1.29, 1.82) is 0 Å². The normalized spacial score (nSPS) is 20.0. The molecule has 1 saturated heterocycles. The van der Waals surface area contributed by atoms with Gasteiger partial charge in [-0.05, 0) is 50.7 Å². The van der Waals surface area contributed by atoms with Gasteiger partial charge in [-0.3, -0.25) is 0 Å². The third-order valence-electron chi connectivity index (χ3n) is 3.70. The molecule has 0 bridgehead atoms. The number of hydrogen-bond donors (Lipinski definition) is 2. The van der Waals surface area contributed by atoms with Crippen molar-refractivity contribution >= 4 is 10.0 Å². The van der Waals surface area contributed by atoms with E-state index in [2.05, 4.69) is 21.9 Å². The zero-order chi connectivity index (χ0) is 15.3. The fraction of sp³-hybridized carbons (Fsp3) is 0.600. The molecule has 0 amide bonds. The number of likely N-dealkylation sites (N-methyl/N-ethyl adjacent to an activating group) is 1. The smallest absolute Gasteiger partial charge is 0.240 e. The Morgan fingerprint density at radius 3 is 2.57 bits per heavy atom. The minimum atomic E-state index is -3.41. The maximum Gasteiger partial charge on any atom is 0.240 e. The van der Waals surface area contributed by atoms with Crippen LogP contribution in [0.1, 0.15) is 25.3 Å². The predicted molar refractivity (Wildman–Crippen MR) is 84.7 cm³/mol. The molecule has 0 saturated carbocycles. The van der Waals surface area contributed by atoms with E-state index in [1.54, 1.807) is 12.1 Å². The molecule has 21 heavy (non-hydrogen) atoms. The summed E-state index contributed by atoms with van der Waals surface area (Å²) in [5, 5.41) is 3.30. The van der Waals surface area contributed by atoms with Crippen molar-refractivity contribution in [2.75, 3.05) is 26.7 Å². The van der Waals surface area contributed by atoms with Crippen molar-refractivity contribution < 1.29 is 8.42 Å². The van der Waals surface area contributed by atoms with Crippen molar-refractivity contribution in [1.82, 2.24) is 14.9 Å². The van der Waals surface area contributed by atoms with Crippen LogP contribution in [0.25, 0.3) is 0 Å². The van der Waals surface area contributed by atoms with Crippen LogP contribution in [0.2, 0.25) is 0 Å². The number of nitrogens with one attached hydrogen (secondary N) is 2. The Labute approximate surface area is 127 Å². The second kappa shape index (κ2) is 7.35. The van der Waals surface area contributed by atoms with Crippen LogP contribution in [0.5, 0.6) is 0 Å². The van der Waals surface area contributed by atoms with Gasteiger partial charge < -0.3 is 10.2 Å². The first kappa shape index (κ1) is 16.4. The monoisotopic (exact) mass is 311 g/mol. The Morgan fingerprint density at radius 1 is 1.29 bits per heavy atom. The number of hydrogen-bond acceptors (Lipinski definition) is 4. The Hall–Kier alpha value is -0.950. The molecule has 1 aromatic rings. The fourth-order valence-corrected chi connectivity index (χ4v) is 3.78. The lowest BCUT2D eigenvalue weighted by Crippen LogP contribution is -2.36. The largest absolute Gasteiger partial charge is 0.313 e. The molecule has 118 valence electrons. The first-order chi connectivity index (χ1) is 10.0. The summed E-state index contributed by atoms with van der Waals surface area (Å²) >= 11 is 0. The van der Waals surface area contributed by atoms with Gasteiger partial charge in [0.05, 0.1) is 4.90 Å². The van der Waals surface area contributed by atoms with Crippen LogP contribution in [-0.2, 0) is 16.6 Å². The van der Waals surface area contributed by atoms with Crippen LogP contribution in [0.3, 0.4) is 0 Å². The number of rotatable bonds is 7. The molecule has 2 rings (SSSR count). The van der Waals surface area contributed by atoms with Crippen molar-refractivity contribution in [3.63, 3.8) is 0 Å². The average molecular weight is 311 g/mol. The van der Waals surface area contributed by atoms with E-state index in [1.807, 2.05) is 19.2 Å². The molecule has 0 aliphatic carbocycles. The Kier molecular flexibility index (Phi) is 5.75. The molecule has 2 N–H and O–H groups in total. The molecule has 1 aliphatic rings. The van der Waals surface area contributed by atoms with Gasteiger partial charge in [0.15, 0.2) is 0 Å². The third kappa shape index (κ3) is 4.78. The van der Waals surface area contributed by atoms with E-state index in [0.29, 0.717) is 4.90 Å². The number of benzene rings is 1. The molecule has 6 heteroatoms. The lowest BCUT2D eigenvalue weighted by Gasteiger charge is -2.13. The number of sulfonamides is 1. The minimum Gasteiger partial charge on any atom is -0.313 e. The summed E-state index contributed by atoms with van der Waals surface area (Å²) in [6.45, 7) is 5.58. The molecule has 0 spiro atoms. The van der Waals surface area contributed by atoms with Gasteiger partial charge in [0, 0.05) is 19.1 Å². The van der Waals surface area contributed by atoms with Crippen molar-refractivity contribution in [3.05, 3.63) is 29.8 Å². The van der Waals surface area contributed by atoms with Crippen LogP contribution in [0, 0.1) is 0 Å². The zero-order valence-corrected chi connectivity index (χ0v) is 13.6.